The van der Waals surface area contributed by atoms with Crippen LogP contribution in [0.2, 0.25) is 0 Å². The van der Waals surface area contributed by atoms with Gasteiger partial charge in [0.2, 0.25) is 0 Å². The van der Waals surface area contributed by atoms with Gasteiger partial charge in [-0.15, -0.1) is 0 Å². The van der Waals surface area contributed by atoms with Gasteiger partial charge in [0.05, 0.1) is 0 Å². The van der Waals surface area contributed by atoms with Crippen LogP contribution in [0.1, 0.15) is 25.7 Å². The lowest BCUT2D eigenvalue weighted by molar-refractivity contribution is -0.403. The Morgan fingerprint density at radius 3 is 1.55 bits per heavy atom. The number of hydrogen-bond acceptors (Lipinski definition) is 0. The van der Waals surface area contributed by atoms with Crippen molar-refractivity contribution in [1.29, 1.82) is 0 Å². The molecule has 0 radical (unpaired) electrons. The quantitative estimate of drug-likeness (QED) is 0.319. The van der Waals surface area contributed by atoms with Crippen molar-refractivity contribution in [2.24, 2.45) is 5.92 Å². The molecule has 0 saturated heterocycles. The van der Waals surface area contributed by atoms with Crippen LogP contribution >= 0.6 is 22.6 Å². The molecule has 0 unspecified atom stereocenters. The predicted octanol–water partition coefficient (Wildman–Crippen LogP) is 5.45. The highest BCUT2D eigenvalue weighted by atomic mass is 127. The van der Waals surface area contributed by atoms with E-state index in [1.54, 1.807) is 0 Å². The molecule has 20 heavy (non-hydrogen) atoms. The molecule has 120 valence electrons. The minimum Gasteiger partial charge on any atom is -0.199 e. The topological polar surface area (TPSA) is 0 Å². The lowest BCUT2D eigenvalue weighted by Crippen LogP contribution is -2.64. The van der Waals surface area contributed by atoms with Crippen LogP contribution in [0.3, 0.4) is 0 Å². The third kappa shape index (κ3) is 2.72. The summed E-state index contributed by atoms with van der Waals surface area (Å²) in [4.78, 5) is 0. The average Bonchev–Trinajstić information content (AvgIpc) is 2.27. The van der Waals surface area contributed by atoms with Gasteiger partial charge >= 0.3 is 23.9 Å². The van der Waals surface area contributed by atoms with Gasteiger partial charge in [0.25, 0.3) is 0 Å². The first-order valence-electron chi connectivity index (χ1n) is 5.61. The fourth-order valence-electron chi connectivity index (χ4n) is 2.11. The lowest BCUT2D eigenvalue weighted by Gasteiger charge is -2.40. The van der Waals surface area contributed by atoms with Crippen LogP contribution in [0.15, 0.2) is 0 Å². The van der Waals surface area contributed by atoms with Crippen LogP contribution in [-0.4, -0.2) is 27.9 Å². The summed E-state index contributed by atoms with van der Waals surface area (Å²) in [7, 11) is 0. The van der Waals surface area contributed by atoms with Crippen LogP contribution in [0.4, 0.5) is 39.5 Å². The minimum atomic E-state index is -6.78. The van der Waals surface area contributed by atoms with E-state index in [1.807, 2.05) is 0 Å². The summed E-state index contributed by atoms with van der Waals surface area (Å²) in [5.74, 6) is -20.9. The largest absolute Gasteiger partial charge is 0.460 e. The Labute approximate surface area is 122 Å². The van der Waals surface area contributed by atoms with E-state index < -0.39 is 40.2 Å². The van der Waals surface area contributed by atoms with E-state index in [0.29, 0.717) is 6.42 Å². The van der Waals surface area contributed by atoms with Crippen molar-refractivity contribution in [3.8, 4) is 0 Å². The molecule has 2 atom stereocenters. The molecule has 1 fully saturated rings. The van der Waals surface area contributed by atoms with Crippen molar-refractivity contribution < 1.29 is 39.5 Å². The van der Waals surface area contributed by atoms with Gasteiger partial charge in [0, 0.05) is 9.84 Å². The predicted molar refractivity (Wildman–Crippen MR) is 60.7 cm³/mol. The summed E-state index contributed by atoms with van der Waals surface area (Å²) in [6.07, 6.45) is -6.64. The van der Waals surface area contributed by atoms with Gasteiger partial charge in [0.15, 0.2) is 0 Å². The molecule has 1 aliphatic rings. The highest BCUT2D eigenvalue weighted by molar-refractivity contribution is 14.1. The summed E-state index contributed by atoms with van der Waals surface area (Å²) < 4.78 is 114. The summed E-state index contributed by atoms with van der Waals surface area (Å²) in [5.41, 5.74) is 0. The van der Waals surface area contributed by atoms with E-state index in [0.717, 1.165) is 0 Å². The smallest absolute Gasteiger partial charge is 0.199 e. The summed E-state index contributed by atoms with van der Waals surface area (Å²) in [6.45, 7) is 0. The maximum Gasteiger partial charge on any atom is 0.460 e. The highest BCUT2D eigenvalue weighted by Gasteiger charge is 2.83. The van der Waals surface area contributed by atoms with E-state index in [-0.39, 0.29) is 12.8 Å². The van der Waals surface area contributed by atoms with Gasteiger partial charge < -0.3 is 0 Å². The zero-order valence-electron chi connectivity index (χ0n) is 9.76. The Morgan fingerprint density at radius 2 is 1.15 bits per heavy atom. The van der Waals surface area contributed by atoms with E-state index in [1.165, 1.54) is 22.6 Å². The van der Waals surface area contributed by atoms with Gasteiger partial charge in [-0.1, -0.05) is 35.4 Å². The Hall–Kier alpha value is 0.1000. The summed E-state index contributed by atoms with van der Waals surface area (Å²) >= 11 is 1.39. The molecule has 0 aromatic heterocycles. The molecule has 0 heterocycles. The molecule has 0 bridgehead atoms. The third-order valence-corrected chi connectivity index (χ3v) is 4.81. The van der Waals surface area contributed by atoms with Crippen molar-refractivity contribution in [2.75, 3.05) is 0 Å². The van der Waals surface area contributed by atoms with Crippen molar-refractivity contribution in [2.45, 2.75) is 53.6 Å². The van der Waals surface area contributed by atoms with E-state index in [9.17, 15) is 39.5 Å². The number of hydrogen-bond donors (Lipinski definition) is 0. The van der Waals surface area contributed by atoms with Crippen molar-refractivity contribution in [1.82, 2.24) is 0 Å². The fourth-order valence-corrected chi connectivity index (χ4v) is 3.37. The van der Waals surface area contributed by atoms with Gasteiger partial charge in [-0.3, -0.25) is 0 Å². The summed E-state index contributed by atoms with van der Waals surface area (Å²) in [6, 6.07) is 0. The van der Waals surface area contributed by atoms with Gasteiger partial charge in [-0.2, -0.15) is 39.5 Å². The monoisotopic (exact) mass is 428 g/mol. The number of alkyl halides is 10. The normalized spacial score (nSPS) is 26.7. The van der Waals surface area contributed by atoms with Crippen LogP contribution in [0, 0.1) is 5.92 Å². The molecular formula is C10H10F9I. The highest BCUT2D eigenvalue weighted by Crippen LogP contribution is 2.57. The first-order chi connectivity index (χ1) is 8.77. The number of halogens is 10. The van der Waals surface area contributed by atoms with Gasteiger partial charge in [0.1, 0.15) is 0 Å². The number of rotatable bonds is 3. The minimum absolute atomic E-state index is 0.0779. The molecule has 1 aliphatic carbocycles. The van der Waals surface area contributed by atoms with Gasteiger partial charge in [-0.05, 0) is 12.8 Å². The van der Waals surface area contributed by atoms with Crippen LogP contribution < -0.4 is 0 Å². The molecule has 0 nitrogen and oxygen atoms in total. The zero-order chi connectivity index (χ0) is 16.0. The molecule has 10 heteroatoms. The third-order valence-electron chi connectivity index (χ3n) is 3.32. The maximum atomic E-state index is 13.6. The Balaban J connectivity index is 3.17. The first kappa shape index (κ1) is 18.1. The molecule has 0 aromatic rings. The second-order valence-corrected chi connectivity index (χ2v) is 6.28. The molecule has 0 aliphatic heterocycles. The Bertz CT molecular complexity index is 349. The molecular weight excluding hydrogens is 418 g/mol. The summed E-state index contributed by atoms with van der Waals surface area (Å²) in [5, 5.41) is 0. The lowest BCUT2D eigenvalue weighted by atomic mass is 9.80. The Kier molecular flexibility index (Phi) is 4.88. The first-order valence-corrected chi connectivity index (χ1v) is 6.85. The SMILES string of the molecule is FC(F)(F)C(F)(F)C(F)(F)C(F)(F)[C@H]1CCCC[C@H]1I. The second-order valence-electron chi connectivity index (χ2n) is 4.68. The molecule has 0 aromatic carbocycles. The van der Waals surface area contributed by atoms with Crippen molar-refractivity contribution in [3.05, 3.63) is 0 Å². The van der Waals surface area contributed by atoms with Crippen molar-refractivity contribution in [3.63, 3.8) is 0 Å². The molecule has 0 N–H and O–H groups in total. The maximum absolute atomic E-state index is 13.6. The van der Waals surface area contributed by atoms with Gasteiger partial charge in [-0.25, -0.2) is 0 Å². The van der Waals surface area contributed by atoms with Crippen LogP contribution in [0.5, 0.6) is 0 Å². The molecule has 0 spiro atoms. The van der Waals surface area contributed by atoms with E-state index in [4.69, 9.17) is 0 Å². The Morgan fingerprint density at radius 1 is 0.700 bits per heavy atom. The standard InChI is InChI=1S/C10H10F9I/c11-7(12,5-3-1-2-4-6(5)20)8(13,14)9(15,16)10(17,18)19/h5-6H,1-4H2/t5-,6+/m0/s1. The second kappa shape index (κ2) is 5.38. The molecule has 1 saturated carbocycles. The average molecular weight is 428 g/mol. The van der Waals surface area contributed by atoms with Crippen LogP contribution in [-0.2, 0) is 0 Å². The molecule has 1 rings (SSSR count). The molecule has 0 amide bonds. The fraction of sp³-hybridized carbons (Fsp3) is 1.00. The zero-order valence-corrected chi connectivity index (χ0v) is 11.9. The van der Waals surface area contributed by atoms with Crippen molar-refractivity contribution >= 4 is 22.6 Å². The van der Waals surface area contributed by atoms with E-state index >= 15 is 0 Å². The van der Waals surface area contributed by atoms with Crippen LogP contribution in [0.25, 0.3) is 0 Å². The van der Waals surface area contributed by atoms with E-state index in [2.05, 4.69) is 0 Å².